The Morgan fingerprint density at radius 2 is 1.88 bits per heavy atom. The highest BCUT2D eigenvalue weighted by Crippen LogP contribution is 2.26. The predicted molar refractivity (Wildman–Crippen MR) is 110 cm³/mol. The van der Waals surface area contributed by atoms with Gasteiger partial charge in [0.15, 0.2) is 0 Å². The van der Waals surface area contributed by atoms with Crippen molar-refractivity contribution in [3.63, 3.8) is 0 Å². The summed E-state index contributed by atoms with van der Waals surface area (Å²) in [5.41, 5.74) is 4.45. The molecule has 134 valence electrons. The number of amides is 1. The lowest BCUT2D eigenvalue weighted by atomic mass is 10.0. The van der Waals surface area contributed by atoms with E-state index in [2.05, 4.69) is 53.3 Å². The molecule has 0 bridgehead atoms. The SMILES string of the molecule is CCc1ccc([C@@H](NCC(=O)Nc2cccc(C)c2)c2cccs2)cc1. The monoisotopic (exact) mass is 364 g/mol. The highest BCUT2D eigenvalue weighted by Gasteiger charge is 2.16. The normalized spacial score (nSPS) is 11.9. The molecule has 0 spiro atoms. The van der Waals surface area contributed by atoms with Crippen molar-refractivity contribution in [3.8, 4) is 0 Å². The molecule has 26 heavy (non-hydrogen) atoms. The van der Waals surface area contributed by atoms with E-state index in [1.54, 1.807) is 11.3 Å². The molecule has 0 saturated heterocycles. The number of rotatable bonds is 7. The second kappa shape index (κ2) is 8.79. The third kappa shape index (κ3) is 4.81. The molecule has 0 aliphatic carbocycles. The third-order valence-electron chi connectivity index (χ3n) is 4.32. The molecule has 0 unspecified atom stereocenters. The van der Waals surface area contributed by atoms with Gasteiger partial charge in [0.1, 0.15) is 0 Å². The van der Waals surface area contributed by atoms with Crippen LogP contribution >= 0.6 is 11.3 Å². The Labute approximate surface area is 159 Å². The average molecular weight is 365 g/mol. The van der Waals surface area contributed by atoms with Gasteiger partial charge in [-0.2, -0.15) is 0 Å². The van der Waals surface area contributed by atoms with Crippen molar-refractivity contribution in [1.29, 1.82) is 0 Å². The quantitative estimate of drug-likeness (QED) is 0.624. The van der Waals surface area contributed by atoms with E-state index in [9.17, 15) is 4.79 Å². The summed E-state index contributed by atoms with van der Waals surface area (Å²) in [5, 5.41) is 8.43. The largest absolute Gasteiger partial charge is 0.325 e. The molecule has 1 amide bonds. The number of hydrogen-bond donors (Lipinski definition) is 2. The van der Waals surface area contributed by atoms with Crippen LogP contribution in [0.1, 0.15) is 34.5 Å². The van der Waals surface area contributed by atoms with E-state index < -0.39 is 0 Å². The van der Waals surface area contributed by atoms with E-state index in [1.807, 2.05) is 37.3 Å². The Kier molecular flexibility index (Phi) is 6.21. The van der Waals surface area contributed by atoms with Crippen molar-refractivity contribution in [1.82, 2.24) is 5.32 Å². The predicted octanol–water partition coefficient (Wildman–Crippen LogP) is 4.94. The number of anilines is 1. The maximum atomic E-state index is 12.4. The Bertz CT molecular complexity index is 841. The van der Waals surface area contributed by atoms with Gasteiger partial charge < -0.3 is 5.32 Å². The zero-order chi connectivity index (χ0) is 18.4. The zero-order valence-corrected chi connectivity index (χ0v) is 16.0. The van der Waals surface area contributed by atoms with Gasteiger partial charge in [0.25, 0.3) is 0 Å². The van der Waals surface area contributed by atoms with Crippen LogP contribution in [0.3, 0.4) is 0 Å². The lowest BCUT2D eigenvalue weighted by Crippen LogP contribution is -2.31. The second-order valence-corrected chi connectivity index (χ2v) is 7.32. The minimum Gasteiger partial charge on any atom is -0.325 e. The molecule has 1 aromatic heterocycles. The van der Waals surface area contributed by atoms with E-state index in [0.717, 1.165) is 17.7 Å². The first-order chi connectivity index (χ1) is 12.7. The molecular weight excluding hydrogens is 340 g/mol. The Hall–Kier alpha value is -2.43. The topological polar surface area (TPSA) is 41.1 Å². The van der Waals surface area contributed by atoms with Crippen molar-refractivity contribution < 1.29 is 4.79 Å². The van der Waals surface area contributed by atoms with Gasteiger partial charge in [0.05, 0.1) is 12.6 Å². The summed E-state index contributed by atoms with van der Waals surface area (Å²) >= 11 is 1.70. The molecule has 1 atom stereocenters. The highest BCUT2D eigenvalue weighted by molar-refractivity contribution is 7.10. The summed E-state index contributed by atoms with van der Waals surface area (Å²) < 4.78 is 0. The van der Waals surface area contributed by atoms with Crippen molar-refractivity contribution in [2.75, 3.05) is 11.9 Å². The number of thiophene rings is 1. The lowest BCUT2D eigenvalue weighted by molar-refractivity contribution is -0.115. The summed E-state index contributed by atoms with van der Waals surface area (Å²) in [6.07, 6.45) is 1.02. The minimum atomic E-state index is -0.0395. The van der Waals surface area contributed by atoms with Crippen LogP contribution in [0.2, 0.25) is 0 Å². The number of aryl methyl sites for hydroxylation is 2. The van der Waals surface area contributed by atoms with E-state index in [-0.39, 0.29) is 18.5 Å². The van der Waals surface area contributed by atoms with Gasteiger partial charge in [-0.3, -0.25) is 10.1 Å². The van der Waals surface area contributed by atoms with Gasteiger partial charge in [0.2, 0.25) is 5.91 Å². The number of carbonyl (C=O) groups excluding carboxylic acids is 1. The van der Waals surface area contributed by atoms with E-state index >= 15 is 0 Å². The van der Waals surface area contributed by atoms with E-state index in [1.165, 1.54) is 16.0 Å². The third-order valence-corrected chi connectivity index (χ3v) is 5.25. The zero-order valence-electron chi connectivity index (χ0n) is 15.2. The molecule has 0 saturated carbocycles. The summed E-state index contributed by atoms with van der Waals surface area (Å²) in [6, 6.07) is 20.6. The first-order valence-corrected chi connectivity index (χ1v) is 9.76. The fraction of sp³-hybridized carbons (Fsp3) is 0.227. The molecule has 3 rings (SSSR count). The molecule has 3 nitrogen and oxygen atoms in total. The second-order valence-electron chi connectivity index (χ2n) is 6.34. The molecule has 1 heterocycles. The molecule has 0 fully saturated rings. The Morgan fingerprint density at radius 3 is 2.54 bits per heavy atom. The van der Waals surface area contributed by atoms with Gasteiger partial charge in [-0.25, -0.2) is 0 Å². The fourth-order valence-corrected chi connectivity index (χ4v) is 3.73. The van der Waals surface area contributed by atoms with E-state index in [0.29, 0.717) is 0 Å². The fourth-order valence-electron chi connectivity index (χ4n) is 2.91. The van der Waals surface area contributed by atoms with Gasteiger partial charge in [-0.15, -0.1) is 11.3 Å². The number of benzene rings is 2. The number of carbonyl (C=O) groups is 1. The molecule has 0 aliphatic rings. The lowest BCUT2D eigenvalue weighted by Gasteiger charge is -2.18. The van der Waals surface area contributed by atoms with Crippen molar-refractivity contribution in [3.05, 3.63) is 87.6 Å². The maximum absolute atomic E-state index is 12.4. The van der Waals surface area contributed by atoms with Gasteiger partial charge in [-0.05, 0) is 53.6 Å². The highest BCUT2D eigenvalue weighted by atomic mass is 32.1. The molecular formula is C22H24N2OS. The van der Waals surface area contributed by atoms with Crippen LogP contribution in [-0.2, 0) is 11.2 Å². The van der Waals surface area contributed by atoms with Crippen LogP contribution < -0.4 is 10.6 Å². The molecule has 4 heteroatoms. The van der Waals surface area contributed by atoms with Crippen LogP contribution in [-0.4, -0.2) is 12.5 Å². The Balaban J connectivity index is 1.69. The summed E-state index contributed by atoms with van der Waals surface area (Å²) in [5.74, 6) is -0.0395. The van der Waals surface area contributed by atoms with Crippen LogP contribution in [0, 0.1) is 6.92 Å². The van der Waals surface area contributed by atoms with Crippen LogP contribution in [0.25, 0.3) is 0 Å². The average Bonchev–Trinajstić information content (AvgIpc) is 3.17. The summed E-state index contributed by atoms with van der Waals surface area (Å²) in [7, 11) is 0. The number of nitrogens with one attached hydrogen (secondary N) is 2. The van der Waals surface area contributed by atoms with Gasteiger partial charge in [0, 0.05) is 10.6 Å². The van der Waals surface area contributed by atoms with Crippen molar-refractivity contribution in [2.45, 2.75) is 26.3 Å². The maximum Gasteiger partial charge on any atom is 0.238 e. The standard InChI is InChI=1S/C22H24N2OS/c1-3-17-9-11-18(12-10-17)22(20-8-5-13-26-20)23-15-21(25)24-19-7-4-6-16(2)14-19/h4-14,22-23H,3,15H2,1-2H3,(H,24,25)/t22-/m1/s1. The van der Waals surface area contributed by atoms with Crippen LogP contribution in [0.5, 0.6) is 0 Å². The smallest absolute Gasteiger partial charge is 0.238 e. The summed E-state index contributed by atoms with van der Waals surface area (Å²) in [4.78, 5) is 13.6. The first-order valence-electron chi connectivity index (χ1n) is 8.88. The van der Waals surface area contributed by atoms with E-state index in [4.69, 9.17) is 0 Å². The molecule has 3 aromatic rings. The van der Waals surface area contributed by atoms with Crippen LogP contribution in [0.4, 0.5) is 5.69 Å². The van der Waals surface area contributed by atoms with Crippen LogP contribution in [0.15, 0.2) is 66.0 Å². The van der Waals surface area contributed by atoms with Gasteiger partial charge >= 0.3 is 0 Å². The van der Waals surface area contributed by atoms with Crippen molar-refractivity contribution >= 4 is 22.9 Å². The molecule has 2 N–H and O–H groups in total. The summed E-state index contributed by atoms with van der Waals surface area (Å²) in [6.45, 7) is 4.42. The van der Waals surface area contributed by atoms with Crippen molar-refractivity contribution in [2.24, 2.45) is 0 Å². The molecule has 2 aromatic carbocycles. The Morgan fingerprint density at radius 1 is 1.08 bits per heavy atom. The molecule has 0 aliphatic heterocycles. The number of hydrogen-bond acceptors (Lipinski definition) is 3. The van der Waals surface area contributed by atoms with Gasteiger partial charge in [-0.1, -0.05) is 49.4 Å². The molecule has 0 radical (unpaired) electrons. The minimum absolute atomic E-state index is 0.0177. The first kappa shape index (κ1) is 18.4.